The predicted octanol–water partition coefficient (Wildman–Crippen LogP) is 1.63. The van der Waals surface area contributed by atoms with E-state index in [0.29, 0.717) is 5.69 Å². The van der Waals surface area contributed by atoms with Crippen molar-refractivity contribution in [2.24, 2.45) is 0 Å². The van der Waals surface area contributed by atoms with E-state index < -0.39 is 10.1 Å². The number of benzene rings is 1. The maximum absolute atomic E-state index is 10.8. The van der Waals surface area contributed by atoms with Gasteiger partial charge in [0, 0.05) is 12.7 Å². The summed E-state index contributed by atoms with van der Waals surface area (Å²) in [6.07, 6.45) is 0. The topological polar surface area (TPSA) is 66.4 Å². The van der Waals surface area contributed by atoms with Gasteiger partial charge in [-0.1, -0.05) is 11.6 Å². The van der Waals surface area contributed by atoms with Crippen molar-refractivity contribution in [3.05, 3.63) is 23.2 Å². The van der Waals surface area contributed by atoms with Gasteiger partial charge in [0.15, 0.2) is 0 Å². The quantitative estimate of drug-likeness (QED) is 0.745. The molecule has 72 valence electrons. The minimum absolute atomic E-state index is 0.00139. The van der Waals surface area contributed by atoms with Gasteiger partial charge in [-0.15, -0.1) is 0 Å². The van der Waals surface area contributed by atoms with Crippen LogP contribution in [0.2, 0.25) is 5.02 Å². The number of hydrogen-bond acceptors (Lipinski definition) is 3. The molecule has 0 fully saturated rings. The highest BCUT2D eigenvalue weighted by molar-refractivity contribution is 7.86. The highest BCUT2D eigenvalue weighted by Crippen LogP contribution is 2.24. The van der Waals surface area contributed by atoms with Gasteiger partial charge in [0.1, 0.15) is 4.90 Å². The molecular formula is C7H8ClNO3S. The second kappa shape index (κ2) is 3.53. The van der Waals surface area contributed by atoms with Crippen molar-refractivity contribution in [3.8, 4) is 0 Å². The average molecular weight is 222 g/mol. The van der Waals surface area contributed by atoms with E-state index in [2.05, 4.69) is 5.32 Å². The van der Waals surface area contributed by atoms with Crippen LogP contribution >= 0.6 is 11.6 Å². The third-order valence-electron chi connectivity index (χ3n) is 1.50. The third-order valence-corrected chi connectivity index (χ3v) is 2.83. The van der Waals surface area contributed by atoms with E-state index in [1.54, 1.807) is 13.1 Å². The van der Waals surface area contributed by atoms with Gasteiger partial charge in [0.25, 0.3) is 10.1 Å². The fraction of sp³-hybridized carbons (Fsp3) is 0.143. The van der Waals surface area contributed by atoms with Crippen molar-refractivity contribution >= 4 is 27.4 Å². The maximum atomic E-state index is 10.8. The Labute approximate surface area is 81.3 Å². The lowest BCUT2D eigenvalue weighted by Gasteiger charge is -2.03. The van der Waals surface area contributed by atoms with Gasteiger partial charge in [0.05, 0.1) is 5.02 Å². The van der Waals surface area contributed by atoms with E-state index in [1.807, 2.05) is 0 Å². The molecule has 2 N–H and O–H groups in total. The zero-order chi connectivity index (χ0) is 10.1. The largest absolute Gasteiger partial charge is 0.388 e. The molecule has 0 radical (unpaired) electrons. The van der Waals surface area contributed by atoms with E-state index in [9.17, 15) is 8.42 Å². The highest BCUT2D eigenvalue weighted by atomic mass is 35.5. The summed E-state index contributed by atoms with van der Waals surface area (Å²) in [7, 11) is -2.60. The zero-order valence-corrected chi connectivity index (χ0v) is 8.35. The standard InChI is InChI=1S/C7H8ClNO3S/c1-9-5-2-3-6(8)7(4-5)13(10,11)12/h2-4,9H,1H3,(H,10,11,12). The number of nitrogens with one attached hydrogen (secondary N) is 1. The van der Waals surface area contributed by atoms with E-state index in [0.717, 1.165) is 0 Å². The van der Waals surface area contributed by atoms with Crippen LogP contribution in [0.5, 0.6) is 0 Å². The smallest absolute Gasteiger partial charge is 0.296 e. The molecule has 0 saturated carbocycles. The fourth-order valence-electron chi connectivity index (χ4n) is 0.857. The van der Waals surface area contributed by atoms with Crippen LogP contribution in [0.25, 0.3) is 0 Å². The van der Waals surface area contributed by atoms with Crippen LogP contribution in [-0.4, -0.2) is 20.0 Å². The minimum atomic E-state index is -4.24. The Morgan fingerprint density at radius 3 is 2.54 bits per heavy atom. The van der Waals surface area contributed by atoms with Crippen LogP contribution in [-0.2, 0) is 10.1 Å². The van der Waals surface area contributed by atoms with Crippen LogP contribution < -0.4 is 5.32 Å². The predicted molar refractivity (Wildman–Crippen MR) is 50.8 cm³/mol. The summed E-state index contributed by atoms with van der Waals surface area (Å²) < 4.78 is 30.3. The molecule has 13 heavy (non-hydrogen) atoms. The number of halogens is 1. The van der Waals surface area contributed by atoms with Crippen molar-refractivity contribution in [1.29, 1.82) is 0 Å². The molecule has 0 aromatic heterocycles. The maximum Gasteiger partial charge on any atom is 0.296 e. The van der Waals surface area contributed by atoms with Crippen LogP contribution in [0.1, 0.15) is 0 Å². The Morgan fingerprint density at radius 1 is 1.46 bits per heavy atom. The summed E-state index contributed by atoms with van der Waals surface area (Å²) in [5.41, 5.74) is 0.567. The van der Waals surface area contributed by atoms with Gasteiger partial charge in [-0.3, -0.25) is 4.55 Å². The van der Waals surface area contributed by atoms with E-state index in [4.69, 9.17) is 16.2 Å². The summed E-state index contributed by atoms with van der Waals surface area (Å²) in [5.74, 6) is 0. The minimum Gasteiger partial charge on any atom is -0.388 e. The van der Waals surface area contributed by atoms with Gasteiger partial charge in [0.2, 0.25) is 0 Å². The second-order valence-corrected chi connectivity index (χ2v) is 4.17. The molecule has 0 heterocycles. The fourth-order valence-corrected chi connectivity index (χ4v) is 1.86. The zero-order valence-electron chi connectivity index (χ0n) is 6.78. The summed E-state index contributed by atoms with van der Waals surface area (Å²) >= 11 is 5.57. The Balaban J connectivity index is 3.36. The molecule has 1 rings (SSSR count). The first-order valence-electron chi connectivity index (χ1n) is 3.40. The molecule has 0 aliphatic carbocycles. The monoisotopic (exact) mass is 221 g/mol. The van der Waals surface area contributed by atoms with Crippen LogP contribution in [0.15, 0.2) is 23.1 Å². The molecule has 0 spiro atoms. The van der Waals surface area contributed by atoms with Crippen molar-refractivity contribution < 1.29 is 13.0 Å². The average Bonchev–Trinajstić information content (AvgIpc) is 2.03. The van der Waals surface area contributed by atoms with Crippen molar-refractivity contribution in [3.63, 3.8) is 0 Å². The molecule has 0 aliphatic rings. The molecule has 1 aromatic carbocycles. The normalized spacial score (nSPS) is 11.3. The Kier molecular flexibility index (Phi) is 2.80. The number of rotatable bonds is 2. The van der Waals surface area contributed by atoms with Gasteiger partial charge in [-0.2, -0.15) is 8.42 Å². The summed E-state index contributed by atoms with van der Waals surface area (Å²) in [6, 6.07) is 4.27. The molecule has 0 atom stereocenters. The Bertz CT molecular complexity index is 416. The highest BCUT2D eigenvalue weighted by Gasteiger charge is 2.14. The summed E-state index contributed by atoms with van der Waals surface area (Å²) in [6.45, 7) is 0. The first kappa shape index (κ1) is 10.3. The van der Waals surface area contributed by atoms with E-state index >= 15 is 0 Å². The molecule has 0 aliphatic heterocycles. The van der Waals surface area contributed by atoms with Crippen LogP contribution in [0.4, 0.5) is 5.69 Å². The van der Waals surface area contributed by atoms with Crippen LogP contribution in [0, 0.1) is 0 Å². The second-order valence-electron chi connectivity index (χ2n) is 2.37. The van der Waals surface area contributed by atoms with Crippen molar-refractivity contribution in [2.45, 2.75) is 4.90 Å². The number of anilines is 1. The molecule has 6 heteroatoms. The Morgan fingerprint density at radius 2 is 2.08 bits per heavy atom. The third kappa shape index (κ3) is 2.33. The van der Waals surface area contributed by atoms with Crippen molar-refractivity contribution in [2.75, 3.05) is 12.4 Å². The van der Waals surface area contributed by atoms with E-state index in [-0.39, 0.29) is 9.92 Å². The Hall–Kier alpha value is -0.780. The molecule has 0 unspecified atom stereocenters. The molecule has 0 saturated heterocycles. The van der Waals surface area contributed by atoms with Gasteiger partial charge < -0.3 is 5.32 Å². The molecule has 0 bridgehead atoms. The number of hydrogen-bond donors (Lipinski definition) is 2. The van der Waals surface area contributed by atoms with Crippen molar-refractivity contribution in [1.82, 2.24) is 0 Å². The van der Waals surface area contributed by atoms with E-state index in [1.165, 1.54) is 12.1 Å². The van der Waals surface area contributed by atoms with Gasteiger partial charge >= 0.3 is 0 Å². The summed E-state index contributed by atoms with van der Waals surface area (Å²) in [4.78, 5) is -0.291. The van der Waals surface area contributed by atoms with Crippen LogP contribution in [0.3, 0.4) is 0 Å². The lowest BCUT2D eigenvalue weighted by Crippen LogP contribution is -2.00. The molecule has 1 aromatic rings. The van der Waals surface area contributed by atoms with Gasteiger partial charge in [-0.25, -0.2) is 0 Å². The van der Waals surface area contributed by atoms with Gasteiger partial charge in [-0.05, 0) is 18.2 Å². The lowest BCUT2D eigenvalue weighted by atomic mass is 10.3. The molecule has 0 amide bonds. The molecule has 4 nitrogen and oxygen atoms in total. The summed E-state index contributed by atoms with van der Waals surface area (Å²) in [5, 5.41) is 2.73. The lowest BCUT2D eigenvalue weighted by molar-refractivity contribution is 0.483. The first-order chi connectivity index (χ1) is 5.95. The first-order valence-corrected chi connectivity index (χ1v) is 5.22. The molecular weight excluding hydrogens is 214 g/mol. The SMILES string of the molecule is CNc1ccc(Cl)c(S(=O)(=O)O)c1.